The summed E-state index contributed by atoms with van der Waals surface area (Å²) in [6.45, 7) is 0.352. The number of hydrogen-bond acceptors (Lipinski definition) is 4. The number of halogens is 1. The minimum Gasteiger partial charge on any atom is -1.00 e. The molecule has 6 nitrogen and oxygen atoms in total. The van der Waals surface area contributed by atoms with Crippen LogP contribution in [0.3, 0.4) is 0 Å². The van der Waals surface area contributed by atoms with Gasteiger partial charge in [0.15, 0.2) is 18.6 Å². The standard InChI is InChI=1S/C11H10N4O2.BrH/c16-10(17)3-7-15-6-2-9(8-14-15)11-12-4-1-5-13-11;/h1-2,4-6,8H,3,7H2;1H. The third kappa shape index (κ3) is 3.85. The summed E-state index contributed by atoms with van der Waals surface area (Å²) in [4.78, 5) is 18.6. The largest absolute Gasteiger partial charge is 1.00 e. The molecule has 0 saturated heterocycles. The number of carbonyl (C=O) groups is 1. The van der Waals surface area contributed by atoms with E-state index < -0.39 is 5.97 Å². The van der Waals surface area contributed by atoms with Gasteiger partial charge in [0, 0.05) is 24.0 Å². The summed E-state index contributed by atoms with van der Waals surface area (Å²) in [5, 5.41) is 12.6. The van der Waals surface area contributed by atoms with Crippen LogP contribution in [-0.2, 0) is 11.3 Å². The Morgan fingerprint density at radius 1 is 1.33 bits per heavy atom. The quantitative estimate of drug-likeness (QED) is 0.622. The van der Waals surface area contributed by atoms with Crippen molar-refractivity contribution in [1.82, 2.24) is 15.1 Å². The molecule has 1 N–H and O–H groups in total. The maximum Gasteiger partial charge on any atom is 0.309 e. The molecule has 0 spiro atoms. The minimum absolute atomic E-state index is 0. The lowest BCUT2D eigenvalue weighted by atomic mass is 10.3. The fourth-order valence-electron chi connectivity index (χ4n) is 1.31. The van der Waals surface area contributed by atoms with Crippen LogP contribution in [-0.4, -0.2) is 26.1 Å². The van der Waals surface area contributed by atoms with Gasteiger partial charge in [-0.25, -0.2) is 9.97 Å². The van der Waals surface area contributed by atoms with Crippen LogP contribution in [0, 0.1) is 0 Å². The van der Waals surface area contributed by atoms with Crippen molar-refractivity contribution in [3.63, 3.8) is 0 Å². The first-order valence-corrected chi connectivity index (χ1v) is 5.10. The Kier molecular flexibility index (Phi) is 5.31. The third-order valence-electron chi connectivity index (χ3n) is 2.15. The van der Waals surface area contributed by atoms with Gasteiger partial charge in [-0.1, -0.05) is 4.68 Å². The highest BCUT2D eigenvalue weighted by atomic mass is 79.9. The van der Waals surface area contributed by atoms with Crippen LogP contribution in [0.2, 0.25) is 0 Å². The Bertz CT molecular complexity index is 504. The van der Waals surface area contributed by atoms with Crippen molar-refractivity contribution in [2.45, 2.75) is 13.0 Å². The molecule has 94 valence electrons. The Morgan fingerprint density at radius 3 is 2.61 bits per heavy atom. The number of aryl methyl sites for hydroxylation is 1. The number of nitrogens with zero attached hydrogens (tertiary/aromatic N) is 4. The third-order valence-corrected chi connectivity index (χ3v) is 2.15. The molecule has 18 heavy (non-hydrogen) atoms. The number of aliphatic carboxylic acids is 1. The molecule has 0 saturated carbocycles. The van der Waals surface area contributed by atoms with Crippen LogP contribution in [0.4, 0.5) is 0 Å². The van der Waals surface area contributed by atoms with Crippen molar-refractivity contribution >= 4 is 5.97 Å². The van der Waals surface area contributed by atoms with E-state index in [1.165, 1.54) is 0 Å². The zero-order valence-electron chi connectivity index (χ0n) is 9.40. The summed E-state index contributed by atoms with van der Waals surface area (Å²) in [5.41, 5.74) is 0.803. The van der Waals surface area contributed by atoms with Crippen LogP contribution < -0.4 is 21.7 Å². The van der Waals surface area contributed by atoms with Crippen LogP contribution in [0.5, 0.6) is 0 Å². The van der Waals surface area contributed by atoms with Crippen LogP contribution in [0.15, 0.2) is 36.9 Å². The number of hydrogen-bond donors (Lipinski definition) is 1. The summed E-state index contributed by atoms with van der Waals surface area (Å²) < 4.78 is 1.57. The molecule has 0 aliphatic carbocycles. The van der Waals surface area contributed by atoms with E-state index in [0.717, 1.165) is 5.56 Å². The van der Waals surface area contributed by atoms with Gasteiger partial charge in [-0.05, 0) is 11.2 Å². The first-order valence-electron chi connectivity index (χ1n) is 5.10. The molecule has 0 aliphatic rings. The molecule has 0 bridgehead atoms. The van der Waals surface area contributed by atoms with E-state index in [1.54, 1.807) is 35.5 Å². The second-order valence-corrected chi connectivity index (χ2v) is 3.39. The van der Waals surface area contributed by atoms with Crippen LogP contribution in [0.1, 0.15) is 6.42 Å². The lowest BCUT2D eigenvalue weighted by molar-refractivity contribution is -0.752. The summed E-state index contributed by atoms with van der Waals surface area (Å²) in [6.07, 6.45) is 6.71. The van der Waals surface area contributed by atoms with E-state index in [4.69, 9.17) is 5.11 Å². The minimum atomic E-state index is -0.838. The van der Waals surface area contributed by atoms with Gasteiger partial charge in [-0.3, -0.25) is 4.79 Å². The second-order valence-electron chi connectivity index (χ2n) is 3.39. The fraction of sp³-hybridized carbons (Fsp3) is 0.182. The predicted octanol–water partition coefficient (Wildman–Crippen LogP) is -2.70. The molecule has 0 aliphatic heterocycles. The molecule has 0 fully saturated rings. The molecule has 0 radical (unpaired) electrons. The molecule has 0 atom stereocenters. The van der Waals surface area contributed by atoms with E-state index >= 15 is 0 Å². The average Bonchev–Trinajstić information content (AvgIpc) is 2.38. The van der Waals surface area contributed by atoms with E-state index in [-0.39, 0.29) is 23.4 Å². The Morgan fingerprint density at radius 2 is 2.06 bits per heavy atom. The van der Waals surface area contributed by atoms with Gasteiger partial charge >= 0.3 is 5.97 Å². The number of rotatable bonds is 4. The molecular formula is C11H11BrN4O2. The highest BCUT2D eigenvalue weighted by molar-refractivity contribution is 5.66. The van der Waals surface area contributed by atoms with Crippen LogP contribution in [0.25, 0.3) is 11.4 Å². The molecule has 7 heteroatoms. The van der Waals surface area contributed by atoms with Crippen molar-refractivity contribution in [3.8, 4) is 11.4 Å². The maximum absolute atomic E-state index is 10.4. The molecule has 0 amide bonds. The van der Waals surface area contributed by atoms with Gasteiger partial charge < -0.3 is 22.1 Å². The zero-order valence-corrected chi connectivity index (χ0v) is 11.0. The topological polar surface area (TPSA) is 79.9 Å². The van der Waals surface area contributed by atoms with Gasteiger partial charge in [-0.2, -0.15) is 0 Å². The Labute approximate surface area is 114 Å². The van der Waals surface area contributed by atoms with Gasteiger partial charge in [0.2, 0.25) is 0 Å². The highest BCUT2D eigenvalue weighted by Gasteiger charge is 2.08. The summed E-state index contributed by atoms with van der Waals surface area (Å²) in [5.74, 6) is -0.236. The van der Waals surface area contributed by atoms with Crippen LogP contribution >= 0.6 is 0 Å². The van der Waals surface area contributed by atoms with Gasteiger partial charge in [0.05, 0.1) is 0 Å². The van der Waals surface area contributed by atoms with E-state index in [1.807, 2.05) is 6.07 Å². The monoisotopic (exact) mass is 310 g/mol. The number of carboxylic acids is 1. The molecule has 0 unspecified atom stereocenters. The summed E-state index contributed by atoms with van der Waals surface area (Å²) in [7, 11) is 0. The smallest absolute Gasteiger partial charge is 0.309 e. The maximum atomic E-state index is 10.4. The zero-order chi connectivity index (χ0) is 12.1. The average molecular weight is 311 g/mol. The number of aromatic nitrogens is 4. The number of carboxylic acid groups (broad SMARTS) is 1. The van der Waals surface area contributed by atoms with E-state index in [9.17, 15) is 4.79 Å². The highest BCUT2D eigenvalue weighted by Crippen LogP contribution is 2.08. The van der Waals surface area contributed by atoms with Crippen molar-refractivity contribution < 1.29 is 31.6 Å². The van der Waals surface area contributed by atoms with E-state index in [0.29, 0.717) is 12.4 Å². The first-order chi connectivity index (χ1) is 8.25. The van der Waals surface area contributed by atoms with Gasteiger partial charge in [0.1, 0.15) is 12.6 Å². The van der Waals surface area contributed by atoms with Crippen molar-refractivity contribution in [1.29, 1.82) is 0 Å². The fourth-order valence-corrected chi connectivity index (χ4v) is 1.31. The molecule has 2 heterocycles. The molecular weight excluding hydrogens is 300 g/mol. The first kappa shape index (κ1) is 14.2. The molecule has 2 rings (SSSR count). The van der Waals surface area contributed by atoms with E-state index in [2.05, 4.69) is 15.1 Å². The summed E-state index contributed by atoms with van der Waals surface area (Å²) in [6, 6.07) is 3.55. The van der Waals surface area contributed by atoms with Gasteiger partial charge in [0.25, 0.3) is 0 Å². The van der Waals surface area contributed by atoms with Gasteiger partial charge in [-0.15, -0.1) is 0 Å². The molecule has 2 aromatic rings. The van der Waals surface area contributed by atoms with Crippen molar-refractivity contribution in [2.24, 2.45) is 0 Å². The van der Waals surface area contributed by atoms with Crippen molar-refractivity contribution in [2.75, 3.05) is 0 Å². The molecule has 2 aromatic heterocycles. The predicted molar refractivity (Wildman–Crippen MR) is 57.7 cm³/mol. The Balaban J connectivity index is 0.00000162. The lowest BCUT2D eigenvalue weighted by Crippen LogP contribution is -3.00. The van der Waals surface area contributed by atoms with Crippen molar-refractivity contribution in [3.05, 3.63) is 36.9 Å². The molecule has 0 aromatic carbocycles. The lowest BCUT2D eigenvalue weighted by Gasteiger charge is -1.96. The SMILES string of the molecule is O=C(O)CC[n+]1ccc(-c2ncccn2)cn1.[Br-]. The Hall–Kier alpha value is -1.89. The summed E-state index contributed by atoms with van der Waals surface area (Å²) >= 11 is 0. The normalized spacial score (nSPS) is 9.56. The second kappa shape index (κ2) is 6.75.